The lowest BCUT2D eigenvalue weighted by Gasteiger charge is -2.28. The molecule has 22 heavy (non-hydrogen) atoms. The van der Waals surface area contributed by atoms with Gasteiger partial charge in [-0.05, 0) is 63.1 Å². The van der Waals surface area contributed by atoms with Crippen molar-refractivity contribution in [1.82, 2.24) is 24.4 Å². The van der Waals surface area contributed by atoms with Crippen molar-refractivity contribution in [2.75, 3.05) is 0 Å². The molecule has 0 spiro atoms. The first-order valence-electron chi connectivity index (χ1n) is 7.80. The smallest absolute Gasteiger partial charge is 0.223 e. The molecule has 2 heterocycles. The van der Waals surface area contributed by atoms with Crippen LogP contribution in [0.25, 0.3) is 11.0 Å². The second-order valence-corrected chi connectivity index (χ2v) is 7.22. The van der Waals surface area contributed by atoms with Gasteiger partial charge in [-0.25, -0.2) is 19.4 Å². The molecule has 0 saturated heterocycles. The molecule has 0 aliphatic heterocycles. The molecule has 5 nitrogen and oxygen atoms in total. The molecule has 1 fully saturated rings. The van der Waals surface area contributed by atoms with Crippen LogP contribution in [0.1, 0.15) is 51.1 Å². The Balaban J connectivity index is 1.56. The first kappa shape index (κ1) is 16.1. The molecule has 2 aromatic rings. The van der Waals surface area contributed by atoms with E-state index in [0.717, 1.165) is 11.0 Å². The van der Waals surface area contributed by atoms with E-state index in [1.807, 2.05) is 0 Å². The molecular formula is C15H22ClN5S. The molecule has 3 rings (SSSR count). The first-order chi connectivity index (χ1) is 10.6. The van der Waals surface area contributed by atoms with Crippen molar-refractivity contribution in [1.29, 1.82) is 0 Å². The normalized spacial score (nSPS) is 22.5. The average Bonchev–Trinajstić information content (AvgIpc) is 2.90. The number of H-pyrrole nitrogens is 1. The van der Waals surface area contributed by atoms with Gasteiger partial charge in [-0.2, -0.15) is 0 Å². The Morgan fingerprint density at radius 1 is 1.32 bits per heavy atom. The monoisotopic (exact) mass is 339 g/mol. The predicted octanol–water partition coefficient (Wildman–Crippen LogP) is 3.79. The molecule has 0 atom stereocenters. The SMILES string of the molecule is CC(C)NSNC1CCC(c2cc3nc(Cl)ncc3[nH]2)CC1. The molecule has 0 aromatic carbocycles. The number of aromatic nitrogens is 3. The van der Waals surface area contributed by atoms with Crippen molar-refractivity contribution in [2.45, 2.75) is 57.5 Å². The zero-order valence-corrected chi connectivity index (χ0v) is 14.5. The number of halogens is 1. The third-order valence-electron chi connectivity index (χ3n) is 4.05. The molecular weight excluding hydrogens is 318 g/mol. The quantitative estimate of drug-likeness (QED) is 0.571. The number of hydrogen-bond donors (Lipinski definition) is 3. The minimum atomic E-state index is 0.306. The Kier molecular flexibility index (Phi) is 5.23. The minimum Gasteiger partial charge on any atom is -0.356 e. The summed E-state index contributed by atoms with van der Waals surface area (Å²) in [6.45, 7) is 4.30. The highest BCUT2D eigenvalue weighted by Gasteiger charge is 2.23. The van der Waals surface area contributed by atoms with Gasteiger partial charge in [-0.15, -0.1) is 0 Å². The lowest BCUT2D eigenvalue weighted by molar-refractivity contribution is 0.377. The molecule has 7 heteroatoms. The van der Waals surface area contributed by atoms with Gasteiger partial charge in [0.05, 0.1) is 17.2 Å². The lowest BCUT2D eigenvalue weighted by atomic mass is 9.84. The van der Waals surface area contributed by atoms with E-state index in [9.17, 15) is 0 Å². The van der Waals surface area contributed by atoms with Crippen LogP contribution in [0.5, 0.6) is 0 Å². The number of nitrogens with one attached hydrogen (secondary N) is 3. The number of aromatic amines is 1. The van der Waals surface area contributed by atoms with Gasteiger partial charge in [0.2, 0.25) is 5.28 Å². The number of nitrogens with zero attached hydrogens (tertiary/aromatic N) is 2. The van der Waals surface area contributed by atoms with Crippen LogP contribution in [-0.2, 0) is 0 Å². The van der Waals surface area contributed by atoms with Crippen molar-refractivity contribution in [2.24, 2.45) is 0 Å². The van der Waals surface area contributed by atoms with Gasteiger partial charge in [-0.1, -0.05) is 0 Å². The van der Waals surface area contributed by atoms with Gasteiger partial charge in [-0.3, -0.25) is 0 Å². The van der Waals surface area contributed by atoms with Crippen molar-refractivity contribution in [3.05, 3.63) is 23.2 Å². The zero-order valence-electron chi connectivity index (χ0n) is 12.9. The molecule has 1 aliphatic carbocycles. The van der Waals surface area contributed by atoms with E-state index in [-0.39, 0.29) is 0 Å². The van der Waals surface area contributed by atoms with Crippen LogP contribution in [0, 0.1) is 0 Å². The summed E-state index contributed by atoms with van der Waals surface area (Å²) < 4.78 is 6.84. The van der Waals surface area contributed by atoms with Gasteiger partial charge in [0.25, 0.3) is 0 Å². The summed E-state index contributed by atoms with van der Waals surface area (Å²) in [5, 5.41) is 0.306. The van der Waals surface area contributed by atoms with E-state index in [2.05, 4.69) is 44.3 Å². The highest BCUT2D eigenvalue weighted by molar-refractivity contribution is 7.95. The van der Waals surface area contributed by atoms with Gasteiger partial charge in [0, 0.05) is 29.9 Å². The van der Waals surface area contributed by atoms with Crippen molar-refractivity contribution >= 4 is 34.8 Å². The Labute approximate surface area is 140 Å². The van der Waals surface area contributed by atoms with E-state index < -0.39 is 0 Å². The Hall–Kier alpha value is -0.820. The standard InChI is InChI=1S/C15H22ClN5S/c1-9(2)20-22-21-11-5-3-10(4-6-11)12-7-13-14(18-12)8-17-15(16)19-13/h7-11,18,20-21H,3-6H2,1-2H3. The average molecular weight is 340 g/mol. The van der Waals surface area contributed by atoms with Crippen molar-refractivity contribution < 1.29 is 0 Å². The largest absolute Gasteiger partial charge is 0.356 e. The van der Waals surface area contributed by atoms with Crippen LogP contribution >= 0.6 is 23.7 Å². The summed E-state index contributed by atoms with van der Waals surface area (Å²) in [4.78, 5) is 11.7. The molecule has 1 aliphatic rings. The zero-order chi connectivity index (χ0) is 15.5. The first-order valence-corrected chi connectivity index (χ1v) is 8.99. The molecule has 0 amide bonds. The van der Waals surface area contributed by atoms with Crippen LogP contribution in [-0.4, -0.2) is 27.0 Å². The van der Waals surface area contributed by atoms with Gasteiger partial charge < -0.3 is 4.98 Å². The van der Waals surface area contributed by atoms with Gasteiger partial charge >= 0.3 is 0 Å². The molecule has 3 N–H and O–H groups in total. The van der Waals surface area contributed by atoms with E-state index in [4.69, 9.17) is 11.6 Å². The number of fused-ring (bicyclic) bond motifs is 1. The van der Waals surface area contributed by atoms with E-state index in [0.29, 0.717) is 23.3 Å². The summed E-state index contributed by atoms with van der Waals surface area (Å²) in [5.74, 6) is 0.578. The fraction of sp³-hybridized carbons (Fsp3) is 0.600. The number of rotatable bonds is 5. The van der Waals surface area contributed by atoms with Crippen LogP contribution in [0.4, 0.5) is 0 Å². The lowest BCUT2D eigenvalue weighted by Crippen LogP contribution is -2.31. The molecule has 2 aromatic heterocycles. The molecule has 0 radical (unpaired) electrons. The maximum Gasteiger partial charge on any atom is 0.223 e. The summed E-state index contributed by atoms with van der Waals surface area (Å²) in [6.07, 6.45) is 6.52. The highest BCUT2D eigenvalue weighted by atomic mass is 35.5. The fourth-order valence-electron chi connectivity index (χ4n) is 2.90. The topological polar surface area (TPSA) is 65.6 Å². The Morgan fingerprint density at radius 3 is 2.82 bits per heavy atom. The molecule has 120 valence electrons. The van der Waals surface area contributed by atoms with Crippen molar-refractivity contribution in [3.63, 3.8) is 0 Å². The highest BCUT2D eigenvalue weighted by Crippen LogP contribution is 2.34. The summed E-state index contributed by atoms with van der Waals surface area (Å²) in [6, 6.07) is 3.20. The maximum atomic E-state index is 5.85. The Bertz CT molecular complexity index is 621. The Morgan fingerprint density at radius 2 is 2.09 bits per heavy atom. The van der Waals surface area contributed by atoms with E-state index >= 15 is 0 Å². The van der Waals surface area contributed by atoms with Crippen LogP contribution in [0.15, 0.2) is 12.3 Å². The molecule has 1 saturated carbocycles. The van der Waals surface area contributed by atoms with E-state index in [1.165, 1.54) is 31.4 Å². The summed E-state index contributed by atoms with van der Waals surface area (Å²) in [7, 11) is 0. The second kappa shape index (κ2) is 7.17. The minimum absolute atomic E-state index is 0.306. The summed E-state index contributed by atoms with van der Waals surface area (Å²) >= 11 is 7.48. The fourth-order valence-corrected chi connectivity index (χ4v) is 3.74. The number of hydrogen-bond acceptors (Lipinski definition) is 5. The summed E-state index contributed by atoms with van der Waals surface area (Å²) in [5.41, 5.74) is 3.14. The molecule has 0 bridgehead atoms. The van der Waals surface area contributed by atoms with Crippen molar-refractivity contribution in [3.8, 4) is 0 Å². The van der Waals surface area contributed by atoms with Gasteiger partial charge in [0.1, 0.15) is 0 Å². The van der Waals surface area contributed by atoms with Crippen LogP contribution in [0.2, 0.25) is 5.28 Å². The third-order valence-corrected chi connectivity index (χ3v) is 5.27. The second-order valence-electron chi connectivity index (χ2n) is 6.20. The molecule has 0 unspecified atom stereocenters. The van der Waals surface area contributed by atoms with E-state index in [1.54, 1.807) is 18.3 Å². The van der Waals surface area contributed by atoms with Gasteiger partial charge in [0.15, 0.2) is 0 Å². The van der Waals surface area contributed by atoms with Crippen LogP contribution < -0.4 is 9.44 Å². The third kappa shape index (κ3) is 3.93. The predicted molar refractivity (Wildman–Crippen MR) is 92.9 cm³/mol. The van der Waals surface area contributed by atoms with Crippen LogP contribution in [0.3, 0.4) is 0 Å². The maximum absolute atomic E-state index is 5.85.